The Bertz CT molecular complexity index is 694. The summed E-state index contributed by atoms with van der Waals surface area (Å²) in [5.74, 6) is 0.655. The van der Waals surface area contributed by atoms with E-state index in [1.165, 1.54) is 0 Å². The molecule has 0 aliphatic carbocycles. The second kappa shape index (κ2) is 13.6. The van der Waals surface area contributed by atoms with Gasteiger partial charge >= 0.3 is 12.3 Å². The maximum atomic E-state index is 12.1. The highest BCUT2D eigenvalue weighted by Gasteiger charge is 2.27. The number of rotatable bonds is 7. The summed E-state index contributed by atoms with van der Waals surface area (Å²) in [5.41, 5.74) is 1.65. The number of nitrogens with one attached hydrogen (secondary N) is 2. The Morgan fingerprint density at radius 2 is 1.81 bits per heavy atom. The van der Waals surface area contributed by atoms with E-state index in [0.717, 1.165) is 18.4 Å². The van der Waals surface area contributed by atoms with Gasteiger partial charge in [0.05, 0.1) is 13.2 Å². The molecular weight excluding hydrogens is 528 g/mol. The highest BCUT2D eigenvalue weighted by Crippen LogP contribution is 2.16. The number of carbonyl (C=O) groups is 1. The fourth-order valence-electron chi connectivity index (χ4n) is 3.03. The van der Waals surface area contributed by atoms with Crippen molar-refractivity contribution in [2.45, 2.75) is 45.1 Å². The Labute approximate surface area is 197 Å². The van der Waals surface area contributed by atoms with Crippen molar-refractivity contribution >= 4 is 36.0 Å². The number of guanidine groups is 1. The van der Waals surface area contributed by atoms with Gasteiger partial charge < -0.3 is 25.0 Å². The molecule has 1 aliphatic heterocycles. The van der Waals surface area contributed by atoms with Crippen LogP contribution in [0, 0.1) is 0 Å². The zero-order valence-corrected chi connectivity index (χ0v) is 20.0. The van der Waals surface area contributed by atoms with Crippen LogP contribution in [0.5, 0.6) is 0 Å². The van der Waals surface area contributed by atoms with E-state index >= 15 is 0 Å². The normalized spacial score (nSPS) is 15.3. The SMILES string of the molecule is CCOC(=O)N1CCC(NC(=NC)NCc2ccc(COCC(F)(F)F)cc2)CC1.I. The Morgan fingerprint density at radius 3 is 2.35 bits per heavy atom. The fourth-order valence-corrected chi connectivity index (χ4v) is 3.03. The molecule has 2 N–H and O–H groups in total. The number of alkyl halides is 3. The number of nitrogens with zero attached hydrogens (tertiary/aromatic N) is 2. The van der Waals surface area contributed by atoms with Crippen LogP contribution in [0.15, 0.2) is 29.3 Å². The van der Waals surface area contributed by atoms with Crippen LogP contribution in [-0.2, 0) is 22.6 Å². The first-order chi connectivity index (χ1) is 14.3. The minimum absolute atomic E-state index is 0. The van der Waals surface area contributed by atoms with E-state index in [0.29, 0.717) is 37.8 Å². The number of hydrogen-bond donors (Lipinski definition) is 2. The van der Waals surface area contributed by atoms with Crippen LogP contribution >= 0.6 is 24.0 Å². The number of carbonyl (C=O) groups excluding carboxylic acids is 1. The molecule has 1 aromatic carbocycles. The fraction of sp³-hybridized carbons (Fsp3) is 0.600. The molecule has 0 aromatic heterocycles. The zero-order valence-electron chi connectivity index (χ0n) is 17.7. The van der Waals surface area contributed by atoms with Gasteiger partial charge in [0.15, 0.2) is 5.96 Å². The van der Waals surface area contributed by atoms with Crippen LogP contribution in [0.4, 0.5) is 18.0 Å². The number of halogens is 4. The van der Waals surface area contributed by atoms with E-state index in [4.69, 9.17) is 4.74 Å². The smallest absolute Gasteiger partial charge is 0.411 e. The first-order valence-electron chi connectivity index (χ1n) is 9.92. The number of piperidine rings is 1. The third-order valence-corrected chi connectivity index (χ3v) is 4.60. The molecule has 0 radical (unpaired) electrons. The van der Waals surface area contributed by atoms with Gasteiger partial charge in [-0.25, -0.2) is 4.79 Å². The third-order valence-electron chi connectivity index (χ3n) is 4.60. The molecule has 7 nitrogen and oxygen atoms in total. The van der Waals surface area contributed by atoms with Gasteiger partial charge in [0.1, 0.15) is 6.61 Å². The summed E-state index contributed by atoms with van der Waals surface area (Å²) >= 11 is 0. The molecule has 11 heteroatoms. The van der Waals surface area contributed by atoms with Gasteiger partial charge in [-0.2, -0.15) is 13.2 Å². The molecule has 1 fully saturated rings. The lowest BCUT2D eigenvalue weighted by molar-refractivity contribution is -0.176. The molecule has 1 heterocycles. The van der Waals surface area contributed by atoms with Crippen LogP contribution in [0.3, 0.4) is 0 Å². The molecule has 1 amide bonds. The van der Waals surface area contributed by atoms with Crippen LogP contribution in [0.25, 0.3) is 0 Å². The number of benzene rings is 1. The molecular formula is C20H30F3IN4O3. The molecule has 1 aromatic rings. The summed E-state index contributed by atoms with van der Waals surface area (Å²) in [6.07, 6.45) is -2.99. The van der Waals surface area contributed by atoms with Crippen molar-refractivity contribution in [1.82, 2.24) is 15.5 Å². The van der Waals surface area contributed by atoms with Crippen LogP contribution in [0.1, 0.15) is 30.9 Å². The molecule has 1 saturated heterocycles. The van der Waals surface area contributed by atoms with E-state index < -0.39 is 12.8 Å². The van der Waals surface area contributed by atoms with Crippen LogP contribution in [-0.4, -0.2) is 62.5 Å². The molecule has 0 bridgehead atoms. The average molecular weight is 558 g/mol. The largest absolute Gasteiger partial charge is 0.450 e. The van der Waals surface area contributed by atoms with Crippen LogP contribution < -0.4 is 10.6 Å². The Hall–Kier alpha value is -1.76. The maximum absolute atomic E-state index is 12.1. The standard InChI is InChI=1S/C20H29F3N4O3.HI/c1-3-30-19(28)27-10-8-17(9-11-27)26-18(24-2)25-12-15-4-6-16(7-5-15)13-29-14-20(21,22)23;/h4-7,17H,3,8-14H2,1-2H3,(H2,24,25,26);1H. The van der Waals surface area contributed by atoms with Gasteiger partial charge in [0, 0.05) is 32.7 Å². The van der Waals surface area contributed by atoms with E-state index in [-0.39, 0.29) is 42.7 Å². The van der Waals surface area contributed by atoms with E-state index in [1.807, 2.05) is 12.1 Å². The van der Waals surface area contributed by atoms with E-state index in [9.17, 15) is 18.0 Å². The minimum atomic E-state index is -4.32. The quantitative estimate of drug-likeness (QED) is 0.304. The summed E-state index contributed by atoms with van der Waals surface area (Å²) in [5, 5.41) is 6.58. The molecule has 176 valence electrons. The van der Waals surface area contributed by atoms with Crippen molar-refractivity contribution in [2.24, 2.45) is 4.99 Å². The summed E-state index contributed by atoms with van der Waals surface area (Å²) in [7, 11) is 1.68. The van der Waals surface area contributed by atoms with Gasteiger partial charge in [-0.05, 0) is 30.9 Å². The van der Waals surface area contributed by atoms with Gasteiger partial charge in [-0.15, -0.1) is 24.0 Å². The number of ether oxygens (including phenoxy) is 2. The van der Waals surface area contributed by atoms with Crippen molar-refractivity contribution in [3.8, 4) is 0 Å². The van der Waals surface area contributed by atoms with Gasteiger partial charge in [-0.3, -0.25) is 4.99 Å². The summed E-state index contributed by atoms with van der Waals surface area (Å²) in [6, 6.07) is 7.37. The molecule has 2 rings (SSSR count). The lowest BCUT2D eigenvalue weighted by Crippen LogP contribution is -2.49. The predicted molar refractivity (Wildman–Crippen MR) is 123 cm³/mol. The summed E-state index contributed by atoms with van der Waals surface area (Å²) in [6.45, 7) is 2.60. The Balaban J connectivity index is 0.00000480. The first kappa shape index (κ1) is 27.3. The first-order valence-corrected chi connectivity index (χ1v) is 9.92. The molecule has 0 spiro atoms. The molecule has 0 atom stereocenters. The third kappa shape index (κ3) is 10.4. The number of aliphatic imine (C=N–C) groups is 1. The van der Waals surface area contributed by atoms with E-state index in [2.05, 4.69) is 20.4 Å². The highest BCUT2D eigenvalue weighted by atomic mass is 127. The highest BCUT2D eigenvalue weighted by molar-refractivity contribution is 14.0. The minimum Gasteiger partial charge on any atom is -0.450 e. The molecule has 0 saturated carbocycles. The Kier molecular flexibility index (Phi) is 12.0. The molecule has 31 heavy (non-hydrogen) atoms. The second-order valence-corrected chi connectivity index (χ2v) is 6.95. The Morgan fingerprint density at radius 1 is 1.19 bits per heavy atom. The topological polar surface area (TPSA) is 75.2 Å². The summed E-state index contributed by atoms with van der Waals surface area (Å²) in [4.78, 5) is 17.7. The van der Waals surface area contributed by atoms with Crippen molar-refractivity contribution in [3.63, 3.8) is 0 Å². The van der Waals surface area contributed by atoms with Gasteiger partial charge in [-0.1, -0.05) is 24.3 Å². The van der Waals surface area contributed by atoms with Crippen molar-refractivity contribution in [3.05, 3.63) is 35.4 Å². The zero-order chi connectivity index (χ0) is 22.0. The summed E-state index contributed by atoms with van der Waals surface area (Å²) < 4.78 is 46.0. The predicted octanol–water partition coefficient (Wildman–Crippen LogP) is 3.67. The van der Waals surface area contributed by atoms with Gasteiger partial charge in [0.25, 0.3) is 0 Å². The number of amides is 1. The maximum Gasteiger partial charge on any atom is 0.411 e. The lowest BCUT2D eigenvalue weighted by atomic mass is 10.1. The van der Waals surface area contributed by atoms with E-state index in [1.54, 1.807) is 31.0 Å². The number of likely N-dealkylation sites (tertiary alicyclic amines) is 1. The van der Waals surface area contributed by atoms with Crippen molar-refractivity contribution in [1.29, 1.82) is 0 Å². The van der Waals surface area contributed by atoms with Crippen molar-refractivity contribution in [2.75, 3.05) is 33.4 Å². The van der Waals surface area contributed by atoms with Crippen molar-refractivity contribution < 1.29 is 27.4 Å². The molecule has 0 unspecified atom stereocenters. The average Bonchev–Trinajstić information content (AvgIpc) is 2.72. The second-order valence-electron chi connectivity index (χ2n) is 6.95. The van der Waals surface area contributed by atoms with Crippen LogP contribution in [0.2, 0.25) is 0 Å². The van der Waals surface area contributed by atoms with Gasteiger partial charge in [0.2, 0.25) is 0 Å². The monoisotopic (exact) mass is 558 g/mol. The lowest BCUT2D eigenvalue weighted by Gasteiger charge is -2.32. The number of hydrogen-bond acceptors (Lipinski definition) is 4. The molecule has 1 aliphatic rings.